The number of para-hydroxylation sites is 2. The zero-order valence-electron chi connectivity index (χ0n) is 17.1. The standard InChI is InChI=1S/C23H21FN4O4/c1-32-20-5-3-2-4-19(20)28-23(31)14-6-8-15(9-7-14)27-21(29)13-26-16-10-11-18(24)17(12-16)22(25)30/h2-12,26H,13H2,1H3,(H2,25,30)(H,27,29)(H,28,31). The Labute approximate surface area is 183 Å². The smallest absolute Gasteiger partial charge is 0.255 e. The summed E-state index contributed by atoms with van der Waals surface area (Å²) in [5.74, 6) is -1.79. The van der Waals surface area contributed by atoms with Crippen LogP contribution in [0.5, 0.6) is 5.75 Å². The minimum Gasteiger partial charge on any atom is -0.495 e. The molecule has 0 fully saturated rings. The monoisotopic (exact) mass is 436 g/mol. The molecule has 0 bridgehead atoms. The largest absolute Gasteiger partial charge is 0.495 e. The van der Waals surface area contributed by atoms with E-state index in [1.165, 1.54) is 19.2 Å². The van der Waals surface area contributed by atoms with Gasteiger partial charge in [0.2, 0.25) is 5.91 Å². The number of nitrogens with two attached hydrogens (primary N) is 1. The average Bonchev–Trinajstić information content (AvgIpc) is 2.79. The Morgan fingerprint density at radius 2 is 1.62 bits per heavy atom. The zero-order valence-corrected chi connectivity index (χ0v) is 17.1. The predicted molar refractivity (Wildman–Crippen MR) is 119 cm³/mol. The van der Waals surface area contributed by atoms with Crippen molar-refractivity contribution in [2.45, 2.75) is 0 Å². The van der Waals surface area contributed by atoms with Crippen LogP contribution < -0.4 is 26.4 Å². The van der Waals surface area contributed by atoms with Crippen LogP contribution in [-0.2, 0) is 4.79 Å². The third kappa shape index (κ3) is 5.60. The average molecular weight is 436 g/mol. The second-order valence-corrected chi connectivity index (χ2v) is 6.69. The normalized spacial score (nSPS) is 10.2. The molecule has 0 aliphatic rings. The lowest BCUT2D eigenvalue weighted by molar-refractivity contribution is -0.114. The van der Waals surface area contributed by atoms with Crippen LogP contribution in [0.4, 0.5) is 21.5 Å². The Balaban J connectivity index is 1.56. The minimum atomic E-state index is -0.898. The molecule has 5 N–H and O–H groups in total. The number of primary amides is 1. The fraction of sp³-hybridized carbons (Fsp3) is 0.0870. The molecule has 164 valence electrons. The van der Waals surface area contributed by atoms with E-state index in [0.29, 0.717) is 28.4 Å². The van der Waals surface area contributed by atoms with Crippen LogP contribution in [0, 0.1) is 5.82 Å². The van der Waals surface area contributed by atoms with E-state index in [4.69, 9.17) is 10.5 Å². The fourth-order valence-corrected chi connectivity index (χ4v) is 2.86. The summed E-state index contributed by atoms with van der Waals surface area (Å²) in [6.45, 7) is -0.125. The van der Waals surface area contributed by atoms with Gasteiger partial charge in [-0.05, 0) is 54.6 Å². The van der Waals surface area contributed by atoms with Crippen molar-refractivity contribution in [1.29, 1.82) is 0 Å². The molecule has 3 amide bonds. The van der Waals surface area contributed by atoms with Gasteiger partial charge < -0.3 is 26.4 Å². The highest BCUT2D eigenvalue weighted by Crippen LogP contribution is 2.24. The molecule has 8 nitrogen and oxygen atoms in total. The summed E-state index contributed by atoms with van der Waals surface area (Å²) in [6, 6.07) is 17.1. The number of amides is 3. The van der Waals surface area contributed by atoms with Crippen molar-refractivity contribution in [1.82, 2.24) is 0 Å². The molecule has 3 rings (SSSR count). The van der Waals surface area contributed by atoms with Gasteiger partial charge in [-0.25, -0.2) is 4.39 Å². The maximum atomic E-state index is 13.5. The summed E-state index contributed by atoms with van der Waals surface area (Å²) in [7, 11) is 1.52. The fourth-order valence-electron chi connectivity index (χ4n) is 2.86. The molecule has 0 spiro atoms. The van der Waals surface area contributed by atoms with Crippen LogP contribution in [0.3, 0.4) is 0 Å². The molecular weight excluding hydrogens is 415 g/mol. The lowest BCUT2D eigenvalue weighted by Gasteiger charge is -2.11. The molecule has 32 heavy (non-hydrogen) atoms. The van der Waals surface area contributed by atoms with Gasteiger partial charge in [0.15, 0.2) is 0 Å². The molecule has 0 atom stereocenters. The predicted octanol–water partition coefficient (Wildman–Crippen LogP) is 3.24. The topological polar surface area (TPSA) is 123 Å². The quantitative estimate of drug-likeness (QED) is 0.432. The lowest BCUT2D eigenvalue weighted by atomic mass is 10.1. The van der Waals surface area contributed by atoms with E-state index in [1.54, 1.807) is 48.5 Å². The van der Waals surface area contributed by atoms with Crippen molar-refractivity contribution in [2.75, 3.05) is 29.6 Å². The molecule has 0 radical (unpaired) electrons. The molecule has 3 aromatic carbocycles. The van der Waals surface area contributed by atoms with Crippen molar-refractivity contribution in [3.05, 3.63) is 83.7 Å². The molecule has 0 aromatic heterocycles. The highest BCUT2D eigenvalue weighted by Gasteiger charge is 2.11. The molecule has 0 saturated heterocycles. The summed E-state index contributed by atoms with van der Waals surface area (Å²) in [5.41, 5.74) is 6.65. The van der Waals surface area contributed by atoms with Crippen molar-refractivity contribution in [3.8, 4) is 5.75 Å². The summed E-state index contributed by atoms with van der Waals surface area (Å²) in [4.78, 5) is 35.8. The molecule has 0 unspecified atom stereocenters. The number of methoxy groups -OCH3 is 1. The summed E-state index contributed by atoms with van der Waals surface area (Å²) in [6.07, 6.45) is 0. The molecule has 0 aliphatic carbocycles. The van der Waals surface area contributed by atoms with E-state index in [9.17, 15) is 18.8 Å². The number of hydrogen-bond donors (Lipinski definition) is 4. The highest BCUT2D eigenvalue weighted by atomic mass is 19.1. The van der Waals surface area contributed by atoms with Gasteiger partial charge in [-0.15, -0.1) is 0 Å². The number of carbonyl (C=O) groups is 3. The second-order valence-electron chi connectivity index (χ2n) is 6.69. The number of benzene rings is 3. The molecular formula is C23H21FN4O4. The van der Waals surface area contributed by atoms with E-state index in [-0.39, 0.29) is 23.9 Å². The van der Waals surface area contributed by atoms with Gasteiger partial charge in [-0.2, -0.15) is 0 Å². The van der Waals surface area contributed by atoms with E-state index in [1.807, 2.05) is 0 Å². The number of carbonyl (C=O) groups excluding carboxylic acids is 3. The first-order chi connectivity index (χ1) is 15.4. The summed E-state index contributed by atoms with van der Waals surface area (Å²) in [5, 5.41) is 8.24. The molecule has 0 aliphatic heterocycles. The maximum Gasteiger partial charge on any atom is 0.255 e. The van der Waals surface area contributed by atoms with Crippen LogP contribution in [0.2, 0.25) is 0 Å². The second kappa shape index (κ2) is 10.1. The van der Waals surface area contributed by atoms with Gasteiger partial charge in [-0.1, -0.05) is 12.1 Å². The van der Waals surface area contributed by atoms with Crippen LogP contribution in [0.25, 0.3) is 0 Å². The van der Waals surface area contributed by atoms with E-state index < -0.39 is 11.7 Å². The Kier molecular flexibility index (Phi) is 7.02. The number of ether oxygens (including phenoxy) is 1. The van der Waals surface area contributed by atoms with E-state index >= 15 is 0 Å². The zero-order chi connectivity index (χ0) is 23.1. The van der Waals surface area contributed by atoms with Crippen molar-refractivity contribution >= 4 is 34.8 Å². The van der Waals surface area contributed by atoms with Crippen molar-refractivity contribution in [3.63, 3.8) is 0 Å². The maximum absolute atomic E-state index is 13.5. The first-order valence-electron chi connectivity index (χ1n) is 9.55. The SMILES string of the molecule is COc1ccccc1NC(=O)c1ccc(NC(=O)CNc2ccc(F)c(C(N)=O)c2)cc1. The number of nitrogens with one attached hydrogen (secondary N) is 3. The van der Waals surface area contributed by atoms with E-state index in [2.05, 4.69) is 16.0 Å². The molecule has 0 heterocycles. The van der Waals surface area contributed by atoms with Crippen LogP contribution in [0.15, 0.2) is 66.7 Å². The van der Waals surface area contributed by atoms with Crippen molar-refractivity contribution < 1.29 is 23.5 Å². The van der Waals surface area contributed by atoms with Crippen LogP contribution in [-0.4, -0.2) is 31.4 Å². The first kappa shape index (κ1) is 22.3. The number of rotatable bonds is 8. The van der Waals surface area contributed by atoms with Gasteiger partial charge in [0.25, 0.3) is 11.8 Å². The molecule has 9 heteroatoms. The van der Waals surface area contributed by atoms with Gasteiger partial charge >= 0.3 is 0 Å². The molecule has 0 saturated carbocycles. The Morgan fingerprint density at radius 1 is 0.938 bits per heavy atom. The Bertz CT molecular complexity index is 1150. The molecule has 3 aromatic rings. The van der Waals surface area contributed by atoms with Crippen molar-refractivity contribution in [2.24, 2.45) is 5.73 Å². The number of halogens is 1. The van der Waals surface area contributed by atoms with Gasteiger partial charge in [0.05, 0.1) is 24.9 Å². The van der Waals surface area contributed by atoms with E-state index in [0.717, 1.165) is 6.07 Å². The van der Waals surface area contributed by atoms with Gasteiger partial charge in [-0.3, -0.25) is 14.4 Å². The Morgan fingerprint density at radius 3 is 2.31 bits per heavy atom. The van der Waals surface area contributed by atoms with Crippen LogP contribution in [0.1, 0.15) is 20.7 Å². The third-order valence-corrected chi connectivity index (χ3v) is 4.47. The Hall–Kier alpha value is -4.40. The minimum absolute atomic E-state index is 0.125. The first-order valence-corrected chi connectivity index (χ1v) is 9.55. The van der Waals surface area contributed by atoms with Gasteiger partial charge in [0, 0.05) is 16.9 Å². The number of anilines is 3. The summed E-state index contributed by atoms with van der Waals surface area (Å²) < 4.78 is 18.7. The summed E-state index contributed by atoms with van der Waals surface area (Å²) >= 11 is 0. The lowest BCUT2D eigenvalue weighted by Crippen LogP contribution is -2.22. The number of hydrogen-bond acceptors (Lipinski definition) is 5. The van der Waals surface area contributed by atoms with Gasteiger partial charge in [0.1, 0.15) is 11.6 Å². The van der Waals surface area contributed by atoms with Crippen LogP contribution >= 0.6 is 0 Å². The third-order valence-electron chi connectivity index (χ3n) is 4.47. The highest BCUT2D eigenvalue weighted by molar-refractivity contribution is 6.05.